The quantitative estimate of drug-likeness (QED) is 0.318. The number of guanidine groups is 1. The number of aliphatic hydroxyl groups is 1. The van der Waals surface area contributed by atoms with Crippen molar-refractivity contribution in [2.45, 2.75) is 58.2 Å². The first-order valence-electron chi connectivity index (χ1n) is 7.99. The molecule has 1 rings (SSSR count). The van der Waals surface area contributed by atoms with E-state index in [1.165, 1.54) is 6.92 Å². The van der Waals surface area contributed by atoms with Crippen LogP contribution in [0, 0.1) is 17.8 Å². The fraction of sp³-hybridized carbons (Fsp3) is 0.800. The van der Waals surface area contributed by atoms with E-state index in [0.717, 1.165) is 12.8 Å². The Labute approximate surface area is 136 Å². The highest BCUT2D eigenvalue weighted by atomic mass is 16.4. The third kappa shape index (κ3) is 4.57. The highest BCUT2D eigenvalue weighted by molar-refractivity contribution is 5.76. The van der Waals surface area contributed by atoms with E-state index in [0.29, 0.717) is 0 Å². The summed E-state index contributed by atoms with van der Waals surface area (Å²) in [6, 6.07) is -0.913. The van der Waals surface area contributed by atoms with E-state index in [2.05, 4.69) is 10.3 Å². The maximum atomic E-state index is 11.5. The van der Waals surface area contributed by atoms with E-state index in [9.17, 15) is 19.8 Å². The molecule has 0 bridgehead atoms. The Morgan fingerprint density at radius 2 is 1.87 bits per heavy atom. The topological polar surface area (TPSA) is 151 Å². The summed E-state index contributed by atoms with van der Waals surface area (Å²) in [7, 11) is 0. The number of carbonyl (C=O) groups excluding carboxylic acids is 1. The first-order valence-corrected chi connectivity index (χ1v) is 7.99. The minimum absolute atomic E-state index is 0.0838. The first kappa shape index (κ1) is 19.2. The molecule has 8 nitrogen and oxygen atoms in total. The summed E-state index contributed by atoms with van der Waals surface area (Å²) in [6.07, 6.45) is 0.618. The summed E-state index contributed by atoms with van der Waals surface area (Å²) in [6.45, 7) is 5.35. The fourth-order valence-corrected chi connectivity index (χ4v) is 3.63. The van der Waals surface area contributed by atoms with Crippen LogP contribution in [0.15, 0.2) is 4.99 Å². The molecule has 1 aliphatic rings. The van der Waals surface area contributed by atoms with Gasteiger partial charge in [0.2, 0.25) is 5.91 Å². The van der Waals surface area contributed by atoms with E-state index in [4.69, 9.17) is 11.5 Å². The molecule has 0 aromatic rings. The number of aliphatic carboxylic acids is 1. The zero-order chi connectivity index (χ0) is 17.7. The van der Waals surface area contributed by atoms with Gasteiger partial charge in [-0.15, -0.1) is 0 Å². The van der Waals surface area contributed by atoms with E-state index in [1.54, 1.807) is 0 Å². The summed E-state index contributed by atoms with van der Waals surface area (Å²) in [5.74, 6) is -2.85. The Morgan fingerprint density at radius 3 is 2.26 bits per heavy atom. The van der Waals surface area contributed by atoms with Gasteiger partial charge in [-0.05, 0) is 12.3 Å². The molecule has 0 saturated heterocycles. The molecular weight excluding hydrogens is 300 g/mol. The van der Waals surface area contributed by atoms with Gasteiger partial charge in [-0.3, -0.25) is 9.59 Å². The van der Waals surface area contributed by atoms with E-state index >= 15 is 0 Å². The number of carboxylic acids is 1. The number of aliphatic hydroxyl groups excluding tert-OH is 1. The second-order valence-electron chi connectivity index (χ2n) is 6.18. The number of rotatable bonds is 7. The molecule has 1 aliphatic carbocycles. The normalized spacial score (nSPS) is 28.4. The minimum Gasteiger partial charge on any atom is -0.481 e. The summed E-state index contributed by atoms with van der Waals surface area (Å²) in [5, 5.41) is 22.6. The van der Waals surface area contributed by atoms with Crippen molar-refractivity contribution in [3.05, 3.63) is 0 Å². The molecule has 23 heavy (non-hydrogen) atoms. The second-order valence-corrected chi connectivity index (χ2v) is 6.18. The van der Waals surface area contributed by atoms with Gasteiger partial charge >= 0.3 is 5.97 Å². The monoisotopic (exact) mass is 328 g/mol. The summed E-state index contributed by atoms with van der Waals surface area (Å²) < 4.78 is 0. The second kappa shape index (κ2) is 8.14. The number of hydrogen-bond donors (Lipinski definition) is 5. The molecule has 1 saturated carbocycles. The summed E-state index contributed by atoms with van der Waals surface area (Å²) >= 11 is 0. The highest BCUT2D eigenvalue weighted by Gasteiger charge is 2.50. The molecule has 0 heterocycles. The molecule has 8 heteroatoms. The van der Waals surface area contributed by atoms with Gasteiger partial charge in [0, 0.05) is 18.9 Å². The van der Waals surface area contributed by atoms with Crippen LogP contribution in [0.25, 0.3) is 0 Å². The number of carboxylic acid groups (broad SMARTS) is 1. The average Bonchev–Trinajstić information content (AvgIpc) is 2.74. The van der Waals surface area contributed by atoms with Crippen LogP contribution in [0.2, 0.25) is 0 Å². The zero-order valence-corrected chi connectivity index (χ0v) is 13.9. The number of hydrogen-bond acceptors (Lipinski definition) is 4. The molecule has 7 N–H and O–H groups in total. The van der Waals surface area contributed by atoms with Crippen LogP contribution in [-0.2, 0) is 9.59 Å². The maximum absolute atomic E-state index is 11.5. The smallest absolute Gasteiger partial charge is 0.309 e. The third-order valence-electron chi connectivity index (χ3n) is 4.71. The molecular formula is C15H28N4O4. The SMILES string of the molecule is CCC(CC)C(N=C(N)N)[C@@H]1[C@H](O)[C@@H](C(=O)O)C[C@H]1NC(C)=O. The molecule has 0 aliphatic heterocycles. The maximum Gasteiger partial charge on any atom is 0.309 e. The molecule has 1 fully saturated rings. The highest BCUT2D eigenvalue weighted by Crippen LogP contribution is 2.39. The van der Waals surface area contributed by atoms with Crippen molar-refractivity contribution in [3.63, 3.8) is 0 Å². The number of amides is 1. The third-order valence-corrected chi connectivity index (χ3v) is 4.71. The van der Waals surface area contributed by atoms with Crippen LogP contribution in [0.4, 0.5) is 0 Å². The Balaban J connectivity index is 3.23. The van der Waals surface area contributed by atoms with Crippen molar-refractivity contribution in [1.29, 1.82) is 0 Å². The van der Waals surface area contributed by atoms with Crippen molar-refractivity contribution in [2.24, 2.45) is 34.2 Å². The summed E-state index contributed by atoms with van der Waals surface area (Å²) in [4.78, 5) is 27.1. The van der Waals surface area contributed by atoms with Crippen LogP contribution >= 0.6 is 0 Å². The number of nitrogens with one attached hydrogen (secondary N) is 1. The molecule has 1 unspecified atom stereocenters. The molecule has 0 aromatic carbocycles. The Bertz CT molecular complexity index is 460. The standard InChI is InChI=1S/C15H28N4O4/c1-4-8(5-2)12(19-15(16)17)11-10(18-7(3)20)6-9(13(11)21)14(22)23/h8-13,21H,4-6H2,1-3H3,(H,18,20)(H,22,23)(H4,16,17,19)/t9-,10+,11+,12?,13+/m0/s1. The van der Waals surface area contributed by atoms with Crippen LogP contribution < -0.4 is 16.8 Å². The van der Waals surface area contributed by atoms with E-state index in [1.807, 2.05) is 13.8 Å². The van der Waals surface area contributed by atoms with Gasteiger partial charge in [0.1, 0.15) is 0 Å². The van der Waals surface area contributed by atoms with Gasteiger partial charge in [-0.2, -0.15) is 0 Å². The molecule has 1 amide bonds. The molecule has 0 spiro atoms. The molecule has 0 radical (unpaired) electrons. The van der Waals surface area contributed by atoms with Crippen molar-refractivity contribution >= 4 is 17.8 Å². The van der Waals surface area contributed by atoms with Gasteiger partial charge in [0.15, 0.2) is 5.96 Å². The zero-order valence-electron chi connectivity index (χ0n) is 13.9. The van der Waals surface area contributed by atoms with Gasteiger partial charge in [0.05, 0.1) is 18.1 Å². The summed E-state index contributed by atoms with van der Waals surface area (Å²) in [5.41, 5.74) is 11.1. The van der Waals surface area contributed by atoms with Crippen LogP contribution in [-0.4, -0.2) is 46.2 Å². The average molecular weight is 328 g/mol. The Morgan fingerprint density at radius 1 is 1.30 bits per heavy atom. The molecule has 132 valence electrons. The minimum atomic E-state index is -1.11. The van der Waals surface area contributed by atoms with Gasteiger partial charge in [0.25, 0.3) is 0 Å². The van der Waals surface area contributed by atoms with Crippen molar-refractivity contribution in [3.8, 4) is 0 Å². The number of carbonyl (C=O) groups is 2. The van der Waals surface area contributed by atoms with Gasteiger partial charge in [-0.25, -0.2) is 4.99 Å². The lowest BCUT2D eigenvalue weighted by atomic mass is 9.81. The Kier molecular flexibility index (Phi) is 6.80. The van der Waals surface area contributed by atoms with E-state index < -0.39 is 36.0 Å². The lowest BCUT2D eigenvalue weighted by molar-refractivity contribution is -0.145. The predicted molar refractivity (Wildman–Crippen MR) is 86.5 cm³/mol. The van der Waals surface area contributed by atoms with Crippen molar-refractivity contribution < 1.29 is 19.8 Å². The molecule has 5 atom stereocenters. The van der Waals surface area contributed by atoms with Crippen LogP contribution in [0.3, 0.4) is 0 Å². The van der Waals surface area contributed by atoms with Crippen LogP contribution in [0.1, 0.15) is 40.0 Å². The first-order chi connectivity index (χ1) is 10.7. The lowest BCUT2D eigenvalue weighted by Crippen LogP contribution is -2.47. The largest absolute Gasteiger partial charge is 0.481 e. The number of nitrogens with two attached hydrogens (primary N) is 2. The van der Waals surface area contributed by atoms with E-state index in [-0.39, 0.29) is 24.2 Å². The predicted octanol–water partition coefficient (Wildman–Crippen LogP) is -0.349. The van der Waals surface area contributed by atoms with Gasteiger partial charge in [-0.1, -0.05) is 26.7 Å². The molecule has 0 aromatic heterocycles. The number of nitrogens with zero attached hydrogens (tertiary/aromatic N) is 1. The lowest BCUT2D eigenvalue weighted by Gasteiger charge is -2.33. The fourth-order valence-electron chi connectivity index (χ4n) is 3.63. The van der Waals surface area contributed by atoms with Crippen LogP contribution in [0.5, 0.6) is 0 Å². The van der Waals surface area contributed by atoms with Crippen molar-refractivity contribution in [1.82, 2.24) is 5.32 Å². The van der Waals surface area contributed by atoms with Gasteiger partial charge < -0.3 is 27.0 Å². The Hall–Kier alpha value is -1.83. The van der Waals surface area contributed by atoms with Crippen molar-refractivity contribution in [2.75, 3.05) is 0 Å². The number of aliphatic imine (C=N–C) groups is 1.